The highest BCUT2D eigenvalue weighted by Crippen LogP contribution is 2.43. The first-order valence-corrected chi connectivity index (χ1v) is 10.9. The molecule has 0 N–H and O–H groups in total. The van der Waals surface area contributed by atoms with Gasteiger partial charge in [0.2, 0.25) is 0 Å². The minimum atomic E-state index is 0.0990. The number of methoxy groups -OCH3 is 1. The molecule has 2 aromatic heterocycles. The van der Waals surface area contributed by atoms with Gasteiger partial charge < -0.3 is 14.4 Å². The normalized spacial score (nSPS) is 28.5. The van der Waals surface area contributed by atoms with Crippen molar-refractivity contribution in [3.8, 4) is 0 Å². The molecule has 0 spiro atoms. The Balaban J connectivity index is 1.31. The van der Waals surface area contributed by atoms with Crippen molar-refractivity contribution in [2.75, 3.05) is 26.8 Å². The molecule has 4 atom stereocenters. The minimum absolute atomic E-state index is 0.0990. The highest BCUT2D eigenvalue weighted by molar-refractivity contribution is 5.94. The third-order valence-corrected chi connectivity index (χ3v) is 6.73. The molecule has 0 bridgehead atoms. The molecule has 160 valence electrons. The summed E-state index contributed by atoms with van der Waals surface area (Å²) in [5.74, 6) is 1.74. The fraction of sp³-hybridized carbons (Fsp3) is 0.636. The number of rotatable bonds is 7. The van der Waals surface area contributed by atoms with Crippen molar-refractivity contribution in [1.29, 1.82) is 0 Å². The number of amides is 1. The molecule has 1 aliphatic heterocycles. The first-order chi connectivity index (χ1) is 14.7. The van der Waals surface area contributed by atoms with Gasteiger partial charge in [-0.05, 0) is 55.6 Å². The van der Waals surface area contributed by atoms with Crippen LogP contribution in [0, 0.1) is 17.8 Å². The number of carbonyl (C=O) groups is 1. The standard InChI is InChI=1S/C22H29N5O3/c1-29-14-19-12-27(25-24-19)20-8-17-10-26(22(28)16-4-6-23-7-5-16)11-18(17)9-21(20)30-13-15-2-3-15/h4-7,12,15,17-18,20-21H,2-3,8-11,13-14H2,1H3/t17-,18+,20-,21-/m1/s1. The summed E-state index contributed by atoms with van der Waals surface area (Å²) in [4.78, 5) is 19.0. The monoisotopic (exact) mass is 411 g/mol. The van der Waals surface area contributed by atoms with Gasteiger partial charge in [0, 0.05) is 44.8 Å². The van der Waals surface area contributed by atoms with Crippen LogP contribution in [0.3, 0.4) is 0 Å². The summed E-state index contributed by atoms with van der Waals surface area (Å²) in [5, 5.41) is 8.64. The Morgan fingerprint density at radius 2 is 1.93 bits per heavy atom. The van der Waals surface area contributed by atoms with Crippen molar-refractivity contribution < 1.29 is 14.3 Å². The summed E-state index contributed by atoms with van der Waals surface area (Å²) in [6.07, 6.45) is 9.92. The Bertz CT molecular complexity index is 869. The van der Waals surface area contributed by atoms with Gasteiger partial charge in [-0.1, -0.05) is 5.21 Å². The summed E-state index contributed by atoms with van der Waals surface area (Å²) in [7, 11) is 1.67. The van der Waals surface area contributed by atoms with Gasteiger partial charge in [-0.15, -0.1) is 5.10 Å². The van der Waals surface area contributed by atoms with Crippen LogP contribution in [-0.2, 0) is 16.1 Å². The number of ether oxygens (including phenoxy) is 2. The maximum Gasteiger partial charge on any atom is 0.253 e. The van der Waals surface area contributed by atoms with Crippen molar-refractivity contribution >= 4 is 5.91 Å². The predicted molar refractivity (Wildman–Crippen MR) is 109 cm³/mol. The van der Waals surface area contributed by atoms with E-state index in [2.05, 4.69) is 15.3 Å². The third kappa shape index (κ3) is 4.11. The average molecular weight is 412 g/mol. The van der Waals surface area contributed by atoms with Gasteiger partial charge in [-0.25, -0.2) is 4.68 Å². The van der Waals surface area contributed by atoms with E-state index >= 15 is 0 Å². The van der Waals surface area contributed by atoms with Gasteiger partial charge in [0.15, 0.2) is 0 Å². The quantitative estimate of drug-likeness (QED) is 0.696. The van der Waals surface area contributed by atoms with Gasteiger partial charge in [-0.3, -0.25) is 9.78 Å². The highest BCUT2D eigenvalue weighted by atomic mass is 16.5. The van der Waals surface area contributed by atoms with Gasteiger partial charge in [-0.2, -0.15) is 0 Å². The van der Waals surface area contributed by atoms with Crippen molar-refractivity contribution in [3.05, 3.63) is 42.0 Å². The lowest BCUT2D eigenvalue weighted by molar-refractivity contribution is -0.0375. The first kappa shape index (κ1) is 19.6. The van der Waals surface area contributed by atoms with E-state index in [1.807, 2.05) is 15.8 Å². The van der Waals surface area contributed by atoms with Gasteiger partial charge >= 0.3 is 0 Å². The molecular weight excluding hydrogens is 382 g/mol. The molecule has 2 saturated carbocycles. The van der Waals surface area contributed by atoms with Gasteiger partial charge in [0.1, 0.15) is 5.69 Å². The number of nitrogens with zero attached hydrogens (tertiary/aromatic N) is 5. The summed E-state index contributed by atoms with van der Waals surface area (Å²) >= 11 is 0. The molecule has 0 aromatic carbocycles. The Hall–Kier alpha value is -2.32. The second-order valence-electron chi connectivity index (χ2n) is 8.94. The topological polar surface area (TPSA) is 82.4 Å². The van der Waals surface area contributed by atoms with Crippen molar-refractivity contribution in [2.45, 2.75) is 44.4 Å². The zero-order chi connectivity index (χ0) is 20.5. The van der Waals surface area contributed by atoms with E-state index in [-0.39, 0.29) is 18.1 Å². The van der Waals surface area contributed by atoms with E-state index in [9.17, 15) is 4.79 Å². The van der Waals surface area contributed by atoms with E-state index in [0.29, 0.717) is 24.0 Å². The fourth-order valence-corrected chi connectivity index (χ4v) is 4.92. The van der Waals surface area contributed by atoms with Crippen LogP contribution >= 0.6 is 0 Å². The van der Waals surface area contributed by atoms with Gasteiger partial charge in [0.05, 0.1) is 24.9 Å². The van der Waals surface area contributed by atoms with Crippen LogP contribution in [0.15, 0.2) is 30.7 Å². The van der Waals surface area contributed by atoms with E-state index in [4.69, 9.17) is 9.47 Å². The molecule has 8 nitrogen and oxygen atoms in total. The lowest BCUT2D eigenvalue weighted by Gasteiger charge is -2.37. The molecular formula is C22H29N5O3. The number of carbonyl (C=O) groups excluding carboxylic acids is 1. The second-order valence-corrected chi connectivity index (χ2v) is 8.94. The van der Waals surface area contributed by atoms with Gasteiger partial charge in [0.25, 0.3) is 5.91 Å². The molecule has 1 saturated heterocycles. The maximum absolute atomic E-state index is 12.9. The van der Waals surface area contributed by atoms with Crippen LogP contribution in [0.4, 0.5) is 0 Å². The molecule has 2 aliphatic carbocycles. The number of aromatic nitrogens is 4. The van der Waals surface area contributed by atoms with E-state index in [1.165, 1.54) is 12.8 Å². The maximum atomic E-state index is 12.9. The number of likely N-dealkylation sites (tertiary alicyclic amines) is 1. The fourth-order valence-electron chi connectivity index (χ4n) is 4.92. The number of hydrogen-bond acceptors (Lipinski definition) is 6. The van der Waals surface area contributed by atoms with Crippen molar-refractivity contribution in [2.24, 2.45) is 17.8 Å². The lowest BCUT2D eigenvalue weighted by atomic mass is 9.77. The molecule has 5 rings (SSSR count). The zero-order valence-corrected chi connectivity index (χ0v) is 17.4. The Kier molecular flexibility index (Phi) is 5.52. The summed E-state index contributed by atoms with van der Waals surface area (Å²) in [6.45, 7) is 2.88. The largest absolute Gasteiger partial charge is 0.378 e. The zero-order valence-electron chi connectivity index (χ0n) is 17.4. The van der Waals surface area contributed by atoms with E-state index in [1.54, 1.807) is 31.6 Å². The molecule has 3 fully saturated rings. The second kappa shape index (κ2) is 8.43. The molecule has 30 heavy (non-hydrogen) atoms. The average Bonchev–Trinajstić information content (AvgIpc) is 3.33. The highest BCUT2D eigenvalue weighted by Gasteiger charge is 2.45. The lowest BCUT2D eigenvalue weighted by Crippen LogP contribution is -2.38. The number of fused-ring (bicyclic) bond motifs is 1. The molecule has 0 unspecified atom stereocenters. The molecule has 3 heterocycles. The SMILES string of the molecule is COCc1cn([C@@H]2C[C@@H]3CN(C(=O)c4ccncc4)C[C@@H]3C[C@H]2OCC2CC2)nn1. The Labute approximate surface area is 176 Å². The minimum Gasteiger partial charge on any atom is -0.378 e. The van der Waals surface area contributed by atoms with Crippen LogP contribution in [0.1, 0.15) is 47.8 Å². The smallest absolute Gasteiger partial charge is 0.253 e. The summed E-state index contributed by atoms with van der Waals surface area (Å²) < 4.78 is 13.6. The Morgan fingerprint density at radius 1 is 1.17 bits per heavy atom. The first-order valence-electron chi connectivity index (χ1n) is 10.9. The third-order valence-electron chi connectivity index (χ3n) is 6.73. The molecule has 2 aromatic rings. The van der Waals surface area contributed by atoms with Crippen molar-refractivity contribution in [3.63, 3.8) is 0 Å². The Morgan fingerprint density at radius 3 is 2.67 bits per heavy atom. The molecule has 8 heteroatoms. The van der Waals surface area contributed by atoms with Crippen LogP contribution < -0.4 is 0 Å². The number of hydrogen-bond donors (Lipinski definition) is 0. The summed E-state index contributed by atoms with van der Waals surface area (Å²) in [6, 6.07) is 3.74. The van der Waals surface area contributed by atoms with E-state index in [0.717, 1.165) is 44.1 Å². The molecule has 1 amide bonds. The van der Waals surface area contributed by atoms with Crippen LogP contribution in [0.5, 0.6) is 0 Å². The van der Waals surface area contributed by atoms with Crippen LogP contribution in [0.2, 0.25) is 0 Å². The number of pyridine rings is 1. The molecule has 0 radical (unpaired) electrons. The van der Waals surface area contributed by atoms with Crippen molar-refractivity contribution in [1.82, 2.24) is 24.9 Å². The summed E-state index contributed by atoms with van der Waals surface area (Å²) in [5.41, 5.74) is 1.55. The van der Waals surface area contributed by atoms with Crippen LogP contribution in [0.25, 0.3) is 0 Å². The van der Waals surface area contributed by atoms with E-state index < -0.39 is 0 Å². The molecule has 3 aliphatic rings. The van der Waals surface area contributed by atoms with Crippen LogP contribution in [-0.4, -0.2) is 63.7 Å². The predicted octanol–water partition coefficient (Wildman–Crippen LogP) is 2.34.